The second kappa shape index (κ2) is 2.49. The number of pyridine rings is 1. The molecule has 1 aromatic heterocycles. The Hall–Kier alpha value is -1.56. The molecule has 12 heavy (non-hydrogen) atoms. The first-order valence-electron chi connectivity index (χ1n) is 3.12. The highest BCUT2D eigenvalue weighted by molar-refractivity contribution is 7.73. The van der Waals surface area contributed by atoms with Crippen LogP contribution in [-0.2, 0) is 10.3 Å². The normalized spacial score (nSPS) is 13.2. The second-order valence-corrected chi connectivity index (χ2v) is 2.97. The largest absolute Gasteiger partial charge is 0.243 e. The van der Waals surface area contributed by atoms with Gasteiger partial charge in [0, 0.05) is 6.20 Å². The average Bonchev–Trinajstić information content (AvgIpc) is 2.47. The molecular formula is C6H3N3O2S. The first-order chi connectivity index (χ1) is 5.79. The lowest BCUT2D eigenvalue weighted by Gasteiger charge is -1.88. The van der Waals surface area contributed by atoms with Gasteiger partial charge in [0.1, 0.15) is 0 Å². The molecule has 0 unspecified atom stereocenters. The van der Waals surface area contributed by atoms with E-state index in [2.05, 4.69) is 15.2 Å². The average molecular weight is 181 g/mol. The fraction of sp³-hybridized carbons (Fsp3) is 0. The van der Waals surface area contributed by atoms with Crippen LogP contribution < -0.4 is 0 Å². The zero-order valence-corrected chi connectivity index (χ0v) is 6.61. The van der Waals surface area contributed by atoms with Crippen molar-refractivity contribution in [2.45, 2.75) is 0 Å². The van der Waals surface area contributed by atoms with Crippen LogP contribution in [-0.4, -0.2) is 18.4 Å². The summed E-state index contributed by atoms with van der Waals surface area (Å²) in [5.41, 5.74) is 0.464. The van der Waals surface area contributed by atoms with Crippen molar-refractivity contribution in [2.75, 3.05) is 0 Å². The molecule has 0 saturated carbocycles. The first kappa shape index (κ1) is 7.11. The Labute approximate surface area is 69.3 Å². The number of hydrogen-bond donors (Lipinski definition) is 0. The maximum Gasteiger partial charge on any atom is 0.243 e. The lowest BCUT2D eigenvalue weighted by atomic mass is 10.3. The quantitative estimate of drug-likeness (QED) is 0.548. The van der Waals surface area contributed by atoms with E-state index in [1.165, 1.54) is 6.20 Å². The van der Waals surface area contributed by atoms with Crippen molar-refractivity contribution in [3.8, 4) is 0 Å². The summed E-state index contributed by atoms with van der Waals surface area (Å²) in [5.74, 6) is 0.358. The molecule has 0 amide bonds. The summed E-state index contributed by atoms with van der Waals surface area (Å²) >= 11 is 0. The minimum absolute atomic E-state index is 0.0434. The Kier molecular flexibility index (Phi) is 1.47. The smallest absolute Gasteiger partial charge is 0.235 e. The van der Waals surface area contributed by atoms with Gasteiger partial charge in [0.05, 0.1) is 5.56 Å². The van der Waals surface area contributed by atoms with Gasteiger partial charge in [-0.15, -0.1) is 10.2 Å². The molecule has 6 heteroatoms. The van der Waals surface area contributed by atoms with Gasteiger partial charge in [-0.25, -0.2) is 4.98 Å². The molecule has 0 aliphatic carbocycles. The standard InChI is InChI=1S/C6H3N3O2S/c10-12(11)6-4-2-1-3-7-5(4)8-9-6/h1-3H. The Morgan fingerprint density at radius 1 is 1.25 bits per heavy atom. The highest BCUT2D eigenvalue weighted by atomic mass is 32.2. The van der Waals surface area contributed by atoms with Crippen molar-refractivity contribution in [2.24, 2.45) is 10.2 Å². The van der Waals surface area contributed by atoms with E-state index in [0.29, 0.717) is 11.4 Å². The number of fused-ring (bicyclic) bond motifs is 1. The molecule has 0 spiro atoms. The summed E-state index contributed by atoms with van der Waals surface area (Å²) < 4.78 is 21.1. The summed E-state index contributed by atoms with van der Waals surface area (Å²) in [5, 5.41) is 7.06. The third kappa shape index (κ3) is 0.928. The Balaban J connectivity index is 2.81. The maximum absolute atomic E-state index is 10.5. The van der Waals surface area contributed by atoms with Crippen molar-refractivity contribution in [3.05, 3.63) is 23.9 Å². The van der Waals surface area contributed by atoms with E-state index in [1.807, 2.05) is 0 Å². The molecule has 1 aromatic rings. The summed E-state index contributed by atoms with van der Waals surface area (Å²) in [6, 6.07) is 3.26. The van der Waals surface area contributed by atoms with Crippen LogP contribution in [0.1, 0.15) is 5.56 Å². The third-order valence-corrected chi connectivity index (χ3v) is 2.03. The van der Waals surface area contributed by atoms with Gasteiger partial charge >= 0.3 is 0 Å². The van der Waals surface area contributed by atoms with Crippen LogP contribution in [0.25, 0.3) is 0 Å². The summed E-state index contributed by atoms with van der Waals surface area (Å²) in [6.07, 6.45) is 1.54. The molecule has 2 rings (SSSR count). The topological polar surface area (TPSA) is 71.8 Å². The zero-order valence-electron chi connectivity index (χ0n) is 5.80. The van der Waals surface area contributed by atoms with Crippen LogP contribution >= 0.6 is 0 Å². The monoisotopic (exact) mass is 181 g/mol. The van der Waals surface area contributed by atoms with Crippen LogP contribution in [0.3, 0.4) is 0 Å². The van der Waals surface area contributed by atoms with Crippen molar-refractivity contribution >= 4 is 21.1 Å². The van der Waals surface area contributed by atoms with Gasteiger partial charge in [-0.1, -0.05) is 0 Å². The van der Waals surface area contributed by atoms with Crippen LogP contribution in [0.15, 0.2) is 28.6 Å². The minimum atomic E-state index is -2.34. The lowest BCUT2D eigenvalue weighted by Crippen LogP contribution is -1.93. The molecule has 0 bridgehead atoms. The van der Waals surface area contributed by atoms with Crippen LogP contribution in [0.2, 0.25) is 0 Å². The highest BCUT2D eigenvalue weighted by Gasteiger charge is 2.16. The predicted octanol–water partition coefficient (Wildman–Crippen LogP) is 0.536. The van der Waals surface area contributed by atoms with Crippen molar-refractivity contribution in [1.82, 2.24) is 4.98 Å². The second-order valence-electron chi connectivity index (χ2n) is 2.11. The molecule has 2 heterocycles. The lowest BCUT2D eigenvalue weighted by molar-refractivity contribution is 0.627. The molecule has 0 saturated heterocycles. The van der Waals surface area contributed by atoms with Gasteiger partial charge in [0.25, 0.3) is 0 Å². The van der Waals surface area contributed by atoms with Gasteiger partial charge in [0.2, 0.25) is 15.3 Å². The maximum atomic E-state index is 10.5. The van der Waals surface area contributed by atoms with Gasteiger partial charge in [0.15, 0.2) is 5.82 Å². The Morgan fingerprint density at radius 2 is 2.08 bits per heavy atom. The summed E-state index contributed by atoms with van der Waals surface area (Å²) in [6.45, 7) is 0. The Morgan fingerprint density at radius 3 is 2.83 bits per heavy atom. The van der Waals surface area contributed by atoms with E-state index in [1.54, 1.807) is 12.1 Å². The van der Waals surface area contributed by atoms with Crippen LogP contribution in [0.5, 0.6) is 0 Å². The molecule has 0 radical (unpaired) electrons. The van der Waals surface area contributed by atoms with Crippen LogP contribution in [0, 0.1) is 0 Å². The van der Waals surface area contributed by atoms with Crippen molar-refractivity contribution in [3.63, 3.8) is 0 Å². The molecule has 1 aliphatic rings. The van der Waals surface area contributed by atoms with Crippen molar-refractivity contribution < 1.29 is 8.42 Å². The number of azo groups is 1. The molecule has 5 nitrogen and oxygen atoms in total. The highest BCUT2D eigenvalue weighted by Crippen LogP contribution is 2.22. The fourth-order valence-electron chi connectivity index (χ4n) is 0.913. The van der Waals surface area contributed by atoms with E-state index in [4.69, 9.17) is 0 Å². The van der Waals surface area contributed by atoms with Gasteiger partial charge in [-0.05, 0) is 12.1 Å². The van der Waals surface area contributed by atoms with Crippen molar-refractivity contribution in [1.29, 1.82) is 0 Å². The van der Waals surface area contributed by atoms with E-state index in [9.17, 15) is 8.42 Å². The number of hydrogen-bond acceptors (Lipinski definition) is 4. The number of aromatic nitrogens is 1. The predicted molar refractivity (Wildman–Crippen MR) is 41.8 cm³/mol. The molecule has 60 valence electrons. The number of rotatable bonds is 0. The van der Waals surface area contributed by atoms with E-state index >= 15 is 0 Å². The summed E-state index contributed by atoms with van der Waals surface area (Å²) in [4.78, 5) is 3.79. The molecular weight excluding hydrogens is 178 g/mol. The molecule has 0 N–H and O–H groups in total. The van der Waals surface area contributed by atoms with E-state index in [-0.39, 0.29) is 4.99 Å². The van der Waals surface area contributed by atoms with Gasteiger partial charge in [-0.3, -0.25) is 0 Å². The fourth-order valence-corrected chi connectivity index (χ4v) is 1.36. The van der Waals surface area contributed by atoms with Gasteiger partial charge in [-0.2, -0.15) is 8.42 Å². The number of nitrogens with zero attached hydrogens (tertiary/aromatic N) is 3. The molecule has 0 aromatic carbocycles. The minimum Gasteiger partial charge on any atom is -0.235 e. The zero-order chi connectivity index (χ0) is 8.55. The van der Waals surface area contributed by atoms with E-state index < -0.39 is 10.3 Å². The Bertz CT molecular complexity index is 481. The summed E-state index contributed by atoms with van der Waals surface area (Å²) in [7, 11) is -2.34. The molecule has 0 atom stereocenters. The first-order valence-corrected chi connectivity index (χ1v) is 4.20. The van der Waals surface area contributed by atoms with Gasteiger partial charge < -0.3 is 0 Å². The third-order valence-electron chi connectivity index (χ3n) is 1.41. The SMILES string of the molecule is O=S(=O)=C1N=Nc2ncccc21. The van der Waals surface area contributed by atoms with Crippen LogP contribution in [0.4, 0.5) is 5.82 Å². The molecule has 0 fully saturated rings. The molecule has 1 aliphatic heterocycles. The van der Waals surface area contributed by atoms with E-state index in [0.717, 1.165) is 0 Å².